The fraction of sp³-hybridized carbons (Fsp3) is 0.278. The second-order valence-corrected chi connectivity index (χ2v) is 7.57. The molecule has 2 N–H and O–H groups in total. The summed E-state index contributed by atoms with van der Waals surface area (Å²) in [5.74, 6) is -0.207. The van der Waals surface area contributed by atoms with Gasteiger partial charge in [0.2, 0.25) is 5.91 Å². The Hall–Kier alpha value is -3.27. The topological polar surface area (TPSA) is 105 Å². The Bertz CT molecular complexity index is 937. The molecule has 10 heteroatoms. The Morgan fingerprint density at radius 2 is 1.89 bits per heavy atom. The van der Waals surface area contributed by atoms with Crippen LogP contribution < -0.4 is 10.6 Å². The first-order valence-electron chi connectivity index (χ1n) is 8.61. The summed E-state index contributed by atoms with van der Waals surface area (Å²) in [5.41, 5.74) is 1.27. The number of aromatic nitrogens is 4. The molecule has 0 aliphatic rings. The van der Waals surface area contributed by atoms with Crippen LogP contribution in [0.15, 0.2) is 43.1 Å². The van der Waals surface area contributed by atoms with Crippen molar-refractivity contribution in [2.24, 2.45) is 0 Å². The minimum atomic E-state index is -0.481. The average molecular weight is 399 g/mol. The van der Waals surface area contributed by atoms with Gasteiger partial charge in [0, 0.05) is 29.5 Å². The van der Waals surface area contributed by atoms with Crippen LogP contribution in [-0.4, -0.2) is 43.6 Å². The standard InChI is InChI=1S/C18H21N7O2S/c1-12(25-11-19-10-21-25)17(26)22-14-4-6-15(7-5-14)23-18(27)24(3)9-16-8-20-13(2)28-16/h4-8,10-12H,9H2,1-3H3,(H,22,26)(H,23,27). The number of thiazole rings is 1. The maximum atomic E-state index is 12.3. The van der Waals surface area contributed by atoms with Crippen LogP contribution in [0.25, 0.3) is 0 Å². The molecule has 1 aromatic carbocycles. The number of aryl methyl sites for hydroxylation is 1. The summed E-state index contributed by atoms with van der Waals surface area (Å²) < 4.78 is 1.48. The number of carbonyl (C=O) groups is 2. The summed E-state index contributed by atoms with van der Waals surface area (Å²) in [6.45, 7) is 4.16. The van der Waals surface area contributed by atoms with Gasteiger partial charge in [-0.05, 0) is 38.1 Å². The van der Waals surface area contributed by atoms with Crippen LogP contribution in [0.2, 0.25) is 0 Å². The molecule has 0 aliphatic heterocycles. The third-order valence-corrected chi connectivity index (χ3v) is 4.92. The van der Waals surface area contributed by atoms with Crippen LogP contribution in [0.4, 0.5) is 16.2 Å². The van der Waals surface area contributed by atoms with Crippen LogP contribution >= 0.6 is 11.3 Å². The Kier molecular flexibility index (Phi) is 5.99. The number of nitrogens with one attached hydrogen (secondary N) is 2. The maximum Gasteiger partial charge on any atom is 0.321 e. The first-order chi connectivity index (χ1) is 13.4. The molecule has 3 rings (SSSR count). The largest absolute Gasteiger partial charge is 0.324 e. The van der Waals surface area contributed by atoms with Crippen molar-refractivity contribution < 1.29 is 9.59 Å². The first kappa shape index (κ1) is 19.5. The molecule has 3 aromatic rings. The molecule has 0 bridgehead atoms. The van der Waals surface area contributed by atoms with Gasteiger partial charge in [0.1, 0.15) is 18.7 Å². The van der Waals surface area contributed by atoms with E-state index < -0.39 is 6.04 Å². The molecule has 146 valence electrons. The molecule has 1 unspecified atom stereocenters. The fourth-order valence-electron chi connectivity index (χ4n) is 2.42. The number of anilines is 2. The zero-order valence-corrected chi connectivity index (χ0v) is 16.6. The summed E-state index contributed by atoms with van der Waals surface area (Å²) >= 11 is 1.57. The van der Waals surface area contributed by atoms with Crippen molar-refractivity contribution in [2.45, 2.75) is 26.4 Å². The molecule has 1 atom stereocenters. The highest BCUT2D eigenvalue weighted by Crippen LogP contribution is 2.17. The van der Waals surface area contributed by atoms with E-state index in [0.29, 0.717) is 17.9 Å². The Labute approximate surface area is 166 Å². The molecule has 3 amide bonds. The van der Waals surface area contributed by atoms with E-state index in [2.05, 4.69) is 25.7 Å². The smallest absolute Gasteiger partial charge is 0.321 e. The summed E-state index contributed by atoms with van der Waals surface area (Å²) in [6.07, 6.45) is 4.66. The highest BCUT2D eigenvalue weighted by molar-refractivity contribution is 7.11. The maximum absolute atomic E-state index is 12.3. The van der Waals surface area contributed by atoms with Crippen molar-refractivity contribution in [2.75, 3.05) is 17.7 Å². The summed E-state index contributed by atoms with van der Waals surface area (Å²) in [4.78, 5) is 35.2. The van der Waals surface area contributed by atoms with Gasteiger partial charge >= 0.3 is 6.03 Å². The van der Waals surface area contributed by atoms with E-state index in [1.54, 1.807) is 60.7 Å². The normalized spacial score (nSPS) is 11.7. The first-order valence-corrected chi connectivity index (χ1v) is 9.42. The quantitative estimate of drug-likeness (QED) is 0.663. The Balaban J connectivity index is 1.53. The Morgan fingerprint density at radius 1 is 1.21 bits per heavy atom. The van der Waals surface area contributed by atoms with Gasteiger partial charge < -0.3 is 15.5 Å². The second-order valence-electron chi connectivity index (χ2n) is 6.25. The van der Waals surface area contributed by atoms with Gasteiger partial charge in [-0.15, -0.1) is 11.3 Å². The number of rotatable bonds is 6. The van der Waals surface area contributed by atoms with Crippen molar-refractivity contribution in [3.63, 3.8) is 0 Å². The lowest BCUT2D eigenvalue weighted by Crippen LogP contribution is -2.30. The third-order valence-electron chi connectivity index (χ3n) is 4.03. The molecule has 2 aromatic heterocycles. The SMILES string of the molecule is Cc1ncc(CN(C)C(=O)Nc2ccc(NC(=O)C(C)n3cncn3)cc2)s1. The lowest BCUT2D eigenvalue weighted by atomic mass is 10.2. The van der Waals surface area contributed by atoms with E-state index in [9.17, 15) is 9.59 Å². The number of hydrogen-bond acceptors (Lipinski definition) is 6. The van der Waals surface area contributed by atoms with E-state index >= 15 is 0 Å². The fourth-order valence-corrected chi connectivity index (χ4v) is 3.27. The monoisotopic (exact) mass is 399 g/mol. The minimum absolute atomic E-state index is 0.207. The van der Waals surface area contributed by atoms with E-state index in [0.717, 1.165) is 9.88 Å². The van der Waals surface area contributed by atoms with Gasteiger partial charge in [0.05, 0.1) is 11.6 Å². The van der Waals surface area contributed by atoms with E-state index in [1.807, 2.05) is 6.92 Å². The molecule has 9 nitrogen and oxygen atoms in total. The number of hydrogen-bond donors (Lipinski definition) is 2. The zero-order chi connectivity index (χ0) is 20.1. The highest BCUT2D eigenvalue weighted by atomic mass is 32.1. The second kappa shape index (κ2) is 8.61. The number of nitrogens with zero attached hydrogens (tertiary/aromatic N) is 5. The lowest BCUT2D eigenvalue weighted by Gasteiger charge is -2.17. The van der Waals surface area contributed by atoms with Crippen molar-refractivity contribution in [3.8, 4) is 0 Å². The van der Waals surface area contributed by atoms with Crippen LogP contribution in [-0.2, 0) is 11.3 Å². The molecule has 0 radical (unpaired) electrons. The van der Waals surface area contributed by atoms with Crippen molar-refractivity contribution >= 4 is 34.6 Å². The number of urea groups is 1. The molecule has 28 heavy (non-hydrogen) atoms. The summed E-state index contributed by atoms with van der Waals surface area (Å²) in [5, 5.41) is 10.6. The van der Waals surface area contributed by atoms with Gasteiger partial charge in [0.15, 0.2) is 0 Å². The van der Waals surface area contributed by atoms with Crippen LogP contribution in [0, 0.1) is 6.92 Å². The van der Waals surface area contributed by atoms with E-state index in [1.165, 1.54) is 17.3 Å². The van der Waals surface area contributed by atoms with Gasteiger partial charge in [-0.2, -0.15) is 5.10 Å². The predicted molar refractivity (Wildman–Crippen MR) is 107 cm³/mol. The molecule has 0 saturated carbocycles. The Morgan fingerprint density at radius 3 is 2.46 bits per heavy atom. The van der Waals surface area contributed by atoms with Gasteiger partial charge in [-0.1, -0.05) is 0 Å². The minimum Gasteiger partial charge on any atom is -0.324 e. The lowest BCUT2D eigenvalue weighted by molar-refractivity contribution is -0.119. The molecular weight excluding hydrogens is 378 g/mol. The van der Waals surface area contributed by atoms with Crippen LogP contribution in [0.1, 0.15) is 22.9 Å². The zero-order valence-electron chi connectivity index (χ0n) is 15.8. The number of benzene rings is 1. The molecule has 0 spiro atoms. The summed E-state index contributed by atoms with van der Waals surface area (Å²) in [6, 6.07) is 6.23. The van der Waals surface area contributed by atoms with Gasteiger partial charge in [0.25, 0.3) is 0 Å². The van der Waals surface area contributed by atoms with Crippen LogP contribution in [0.5, 0.6) is 0 Å². The van der Waals surface area contributed by atoms with E-state index in [-0.39, 0.29) is 11.9 Å². The van der Waals surface area contributed by atoms with Crippen LogP contribution in [0.3, 0.4) is 0 Å². The highest BCUT2D eigenvalue weighted by Gasteiger charge is 2.16. The average Bonchev–Trinajstić information content (AvgIpc) is 3.34. The van der Waals surface area contributed by atoms with Crippen molar-refractivity contribution in [3.05, 3.63) is 53.0 Å². The van der Waals surface area contributed by atoms with Crippen molar-refractivity contribution in [1.82, 2.24) is 24.6 Å². The number of amides is 3. The summed E-state index contributed by atoms with van der Waals surface area (Å²) in [7, 11) is 1.73. The third kappa shape index (κ3) is 4.92. The number of carbonyl (C=O) groups excluding carboxylic acids is 2. The van der Waals surface area contributed by atoms with E-state index in [4.69, 9.17) is 0 Å². The predicted octanol–water partition coefficient (Wildman–Crippen LogP) is 2.91. The molecule has 0 saturated heterocycles. The molecular formula is C18H21N7O2S. The molecule has 0 fully saturated rings. The van der Waals surface area contributed by atoms with Gasteiger partial charge in [-0.3, -0.25) is 4.79 Å². The molecule has 0 aliphatic carbocycles. The molecule has 2 heterocycles. The van der Waals surface area contributed by atoms with Crippen molar-refractivity contribution in [1.29, 1.82) is 0 Å². The van der Waals surface area contributed by atoms with Gasteiger partial charge in [-0.25, -0.2) is 19.4 Å².